The summed E-state index contributed by atoms with van der Waals surface area (Å²) in [4.78, 5) is 31.8. The van der Waals surface area contributed by atoms with Crippen molar-refractivity contribution in [2.75, 3.05) is 32.7 Å². The van der Waals surface area contributed by atoms with E-state index in [4.69, 9.17) is 14.2 Å². The number of hydrogen-bond acceptors (Lipinski definition) is 7. The van der Waals surface area contributed by atoms with Gasteiger partial charge in [-0.15, -0.1) is 0 Å². The quantitative estimate of drug-likeness (QED) is 0.476. The minimum absolute atomic E-state index is 0.0477. The standard InChI is InChI=1S/C21H26N2O5S/c1-4-10-27-16-7-5-15(6-8-16)19-18(20(25)28-12-11-26-3)14(2)22-21-23(19)17(24)9-13-29-21/h5-8,19H,4,9-13H2,1-3H3. The van der Waals surface area contributed by atoms with E-state index in [0.29, 0.717) is 41.8 Å². The van der Waals surface area contributed by atoms with Gasteiger partial charge in [-0.25, -0.2) is 9.79 Å². The van der Waals surface area contributed by atoms with Crippen LogP contribution in [0.3, 0.4) is 0 Å². The summed E-state index contributed by atoms with van der Waals surface area (Å²) in [5.41, 5.74) is 1.76. The van der Waals surface area contributed by atoms with Gasteiger partial charge in [0.1, 0.15) is 12.4 Å². The van der Waals surface area contributed by atoms with Crippen molar-refractivity contribution >= 4 is 28.8 Å². The fourth-order valence-corrected chi connectivity index (χ4v) is 4.24. The number of ether oxygens (including phenoxy) is 3. The van der Waals surface area contributed by atoms with Crippen LogP contribution in [0.2, 0.25) is 0 Å². The zero-order chi connectivity index (χ0) is 20.8. The minimum Gasteiger partial charge on any atom is -0.494 e. The summed E-state index contributed by atoms with van der Waals surface area (Å²) in [5, 5.41) is 0.628. The van der Waals surface area contributed by atoms with E-state index in [1.165, 1.54) is 11.8 Å². The number of aliphatic imine (C=N–C) groups is 1. The predicted molar refractivity (Wildman–Crippen MR) is 112 cm³/mol. The fraction of sp³-hybridized carbons (Fsp3) is 0.476. The van der Waals surface area contributed by atoms with Crippen LogP contribution < -0.4 is 4.74 Å². The third-order valence-corrected chi connectivity index (χ3v) is 5.57. The third-order valence-electron chi connectivity index (χ3n) is 4.62. The molecule has 0 spiro atoms. The van der Waals surface area contributed by atoms with Gasteiger partial charge in [0, 0.05) is 19.3 Å². The maximum absolute atomic E-state index is 12.9. The molecule has 8 heteroatoms. The molecule has 2 aliphatic heterocycles. The van der Waals surface area contributed by atoms with Gasteiger partial charge in [-0.2, -0.15) is 0 Å². The van der Waals surface area contributed by atoms with Crippen LogP contribution in [-0.2, 0) is 19.1 Å². The Morgan fingerprint density at radius 3 is 2.69 bits per heavy atom. The molecule has 0 saturated carbocycles. The van der Waals surface area contributed by atoms with Crippen LogP contribution >= 0.6 is 11.8 Å². The number of methoxy groups -OCH3 is 1. The number of nitrogens with zero attached hydrogens (tertiary/aromatic N) is 2. The van der Waals surface area contributed by atoms with Crippen LogP contribution in [0.4, 0.5) is 0 Å². The molecule has 1 aromatic carbocycles. The normalized spacial score (nSPS) is 19.0. The van der Waals surface area contributed by atoms with Gasteiger partial charge in [0.2, 0.25) is 5.91 Å². The first kappa shape index (κ1) is 21.4. The van der Waals surface area contributed by atoms with E-state index >= 15 is 0 Å². The highest BCUT2D eigenvalue weighted by atomic mass is 32.2. The molecule has 1 saturated heterocycles. The molecule has 1 aromatic rings. The number of amides is 1. The second-order valence-corrected chi connectivity index (χ2v) is 7.77. The SMILES string of the molecule is CCCOc1ccc(C2C(C(=O)OCCOC)=C(C)N=C3SCCC(=O)N32)cc1. The van der Waals surface area contributed by atoms with Gasteiger partial charge in [0.05, 0.1) is 30.5 Å². The summed E-state index contributed by atoms with van der Waals surface area (Å²) in [6.07, 6.45) is 1.33. The molecular formula is C21H26N2O5S. The predicted octanol–water partition coefficient (Wildman–Crippen LogP) is 3.32. The maximum atomic E-state index is 12.9. The molecule has 1 fully saturated rings. The lowest BCUT2D eigenvalue weighted by Gasteiger charge is -2.38. The average molecular weight is 419 g/mol. The molecule has 0 radical (unpaired) electrons. The average Bonchev–Trinajstić information content (AvgIpc) is 2.72. The molecule has 7 nitrogen and oxygen atoms in total. The number of esters is 1. The molecule has 1 atom stereocenters. The largest absolute Gasteiger partial charge is 0.494 e. The van der Waals surface area contributed by atoms with E-state index in [-0.39, 0.29) is 12.5 Å². The van der Waals surface area contributed by atoms with Gasteiger partial charge >= 0.3 is 5.97 Å². The first-order valence-electron chi connectivity index (χ1n) is 9.70. The van der Waals surface area contributed by atoms with E-state index in [1.807, 2.05) is 31.2 Å². The number of carbonyl (C=O) groups excluding carboxylic acids is 2. The van der Waals surface area contributed by atoms with Crippen LogP contribution in [0, 0.1) is 0 Å². The van der Waals surface area contributed by atoms with Crippen molar-refractivity contribution in [2.24, 2.45) is 4.99 Å². The molecule has 3 rings (SSSR count). The first-order valence-corrected chi connectivity index (χ1v) is 10.7. The molecule has 2 heterocycles. The van der Waals surface area contributed by atoms with Crippen LogP contribution in [0.25, 0.3) is 0 Å². The van der Waals surface area contributed by atoms with Gasteiger partial charge < -0.3 is 14.2 Å². The highest BCUT2D eigenvalue weighted by molar-refractivity contribution is 8.14. The third kappa shape index (κ3) is 4.82. The van der Waals surface area contributed by atoms with Crippen molar-refractivity contribution in [2.45, 2.75) is 32.7 Å². The molecule has 0 bridgehead atoms. The number of hydrogen-bond donors (Lipinski definition) is 0. The maximum Gasteiger partial charge on any atom is 0.338 e. The van der Waals surface area contributed by atoms with E-state index in [0.717, 1.165) is 17.7 Å². The summed E-state index contributed by atoms with van der Waals surface area (Å²) >= 11 is 1.53. The van der Waals surface area contributed by atoms with Crippen LogP contribution in [0.1, 0.15) is 38.3 Å². The zero-order valence-corrected chi connectivity index (χ0v) is 17.8. The van der Waals surface area contributed by atoms with Gasteiger partial charge in [-0.3, -0.25) is 9.69 Å². The number of allylic oxidation sites excluding steroid dienone is 1. The number of thioether (sulfide) groups is 1. The first-order chi connectivity index (χ1) is 14.1. The van der Waals surface area contributed by atoms with Crippen molar-refractivity contribution in [1.29, 1.82) is 0 Å². The lowest BCUT2D eigenvalue weighted by molar-refractivity contribution is -0.141. The number of carbonyl (C=O) groups is 2. The Morgan fingerprint density at radius 2 is 2.00 bits per heavy atom. The molecule has 1 amide bonds. The summed E-state index contributed by atoms with van der Waals surface area (Å²) in [6, 6.07) is 6.93. The smallest absolute Gasteiger partial charge is 0.338 e. The summed E-state index contributed by atoms with van der Waals surface area (Å²) in [7, 11) is 1.55. The zero-order valence-electron chi connectivity index (χ0n) is 17.0. The van der Waals surface area contributed by atoms with E-state index in [1.54, 1.807) is 18.9 Å². The Balaban J connectivity index is 1.97. The van der Waals surface area contributed by atoms with Crippen molar-refractivity contribution in [3.63, 3.8) is 0 Å². The molecule has 0 aliphatic carbocycles. The van der Waals surface area contributed by atoms with Crippen LogP contribution in [0.15, 0.2) is 40.5 Å². The Bertz CT molecular complexity index is 819. The molecule has 0 N–H and O–H groups in total. The van der Waals surface area contributed by atoms with Gasteiger partial charge in [-0.1, -0.05) is 30.8 Å². The lowest BCUT2D eigenvalue weighted by Crippen LogP contribution is -2.45. The Labute approximate surface area is 175 Å². The van der Waals surface area contributed by atoms with Crippen molar-refractivity contribution < 1.29 is 23.8 Å². The summed E-state index contributed by atoms with van der Waals surface area (Å²) in [6.45, 7) is 4.91. The summed E-state index contributed by atoms with van der Waals surface area (Å²) < 4.78 is 16.0. The Hall–Kier alpha value is -2.32. The van der Waals surface area contributed by atoms with Crippen molar-refractivity contribution in [3.8, 4) is 5.75 Å². The Kier molecular flexibility index (Phi) is 7.33. The van der Waals surface area contributed by atoms with Crippen molar-refractivity contribution in [1.82, 2.24) is 4.90 Å². The second-order valence-electron chi connectivity index (χ2n) is 6.70. The van der Waals surface area contributed by atoms with Gasteiger partial charge in [0.25, 0.3) is 0 Å². The molecule has 1 unspecified atom stereocenters. The number of fused-ring (bicyclic) bond motifs is 1. The van der Waals surface area contributed by atoms with Crippen molar-refractivity contribution in [3.05, 3.63) is 41.1 Å². The highest BCUT2D eigenvalue weighted by Crippen LogP contribution is 2.40. The number of benzene rings is 1. The van der Waals surface area contributed by atoms with Gasteiger partial charge in [-0.05, 0) is 31.0 Å². The molecule has 29 heavy (non-hydrogen) atoms. The van der Waals surface area contributed by atoms with E-state index in [2.05, 4.69) is 4.99 Å². The molecule has 2 aliphatic rings. The highest BCUT2D eigenvalue weighted by Gasteiger charge is 2.41. The molecule has 156 valence electrons. The van der Waals surface area contributed by atoms with Crippen LogP contribution in [0.5, 0.6) is 5.75 Å². The number of amidine groups is 1. The van der Waals surface area contributed by atoms with E-state index in [9.17, 15) is 9.59 Å². The minimum atomic E-state index is -0.571. The second kappa shape index (κ2) is 9.93. The summed E-state index contributed by atoms with van der Waals surface area (Å²) in [5.74, 6) is 0.908. The Morgan fingerprint density at radius 1 is 1.24 bits per heavy atom. The lowest BCUT2D eigenvalue weighted by atomic mass is 9.94. The number of rotatable bonds is 8. The van der Waals surface area contributed by atoms with E-state index < -0.39 is 12.0 Å². The monoisotopic (exact) mass is 418 g/mol. The van der Waals surface area contributed by atoms with Gasteiger partial charge in [0.15, 0.2) is 5.17 Å². The van der Waals surface area contributed by atoms with Crippen LogP contribution in [-0.4, -0.2) is 54.6 Å². The molecular weight excluding hydrogens is 392 g/mol. The topological polar surface area (TPSA) is 77.4 Å². The fourth-order valence-electron chi connectivity index (χ4n) is 3.23. The molecule has 0 aromatic heterocycles.